The van der Waals surface area contributed by atoms with Crippen LogP contribution in [0.2, 0.25) is 0 Å². The van der Waals surface area contributed by atoms with Crippen molar-refractivity contribution in [3.05, 3.63) is 41.8 Å². The number of nitrogens with one attached hydrogen (secondary N) is 1. The van der Waals surface area contributed by atoms with Crippen LogP contribution < -0.4 is 11.1 Å². The Bertz CT molecular complexity index is 831. The molecular formula is C14H24N14O4. The van der Waals surface area contributed by atoms with E-state index in [2.05, 4.69) is 45.4 Å². The second kappa shape index (κ2) is 12.1. The predicted octanol–water partition coefficient (Wildman–Crippen LogP) is 0.120. The third-order valence-corrected chi connectivity index (χ3v) is 5.67. The Kier molecular flexibility index (Phi) is 9.59. The molecule has 1 aliphatic heterocycles. The lowest BCUT2D eigenvalue weighted by Crippen LogP contribution is -2.67. The Morgan fingerprint density at radius 3 is 2.16 bits per heavy atom. The fourth-order valence-corrected chi connectivity index (χ4v) is 4.31. The van der Waals surface area contributed by atoms with Crippen molar-refractivity contribution in [1.82, 2.24) is 5.32 Å². The topological polar surface area (TPSA) is 303 Å². The normalized spacial score (nSPS) is 38.9. The first kappa shape index (κ1) is 25.3. The lowest BCUT2D eigenvalue weighted by atomic mass is 9.70. The number of aliphatic hydroxyl groups is 3. The van der Waals surface area contributed by atoms with Crippen LogP contribution in [-0.4, -0.2) is 89.6 Å². The van der Waals surface area contributed by atoms with Crippen LogP contribution in [0.25, 0.3) is 41.8 Å². The minimum atomic E-state index is -1.60. The predicted molar refractivity (Wildman–Crippen MR) is 108 cm³/mol. The number of azide groups is 4. The Morgan fingerprint density at radius 2 is 1.56 bits per heavy atom. The van der Waals surface area contributed by atoms with E-state index in [4.69, 9.17) is 32.6 Å². The molecule has 0 aromatic rings. The Labute approximate surface area is 180 Å². The van der Waals surface area contributed by atoms with Gasteiger partial charge in [0.1, 0.15) is 6.10 Å². The number of rotatable bonds is 9. The van der Waals surface area contributed by atoms with Gasteiger partial charge in [-0.15, -0.1) is 0 Å². The van der Waals surface area contributed by atoms with Gasteiger partial charge in [0.2, 0.25) is 0 Å². The maximum Gasteiger partial charge on any atom is 0.107 e. The molecule has 0 aromatic carbocycles. The molecule has 2 rings (SSSR count). The second-order valence-corrected chi connectivity index (χ2v) is 7.35. The first-order valence-corrected chi connectivity index (χ1v) is 9.71. The summed E-state index contributed by atoms with van der Waals surface area (Å²) < 4.78 is 5.90. The smallest absolute Gasteiger partial charge is 0.107 e. The molecule has 18 heteroatoms. The van der Waals surface area contributed by atoms with Crippen LogP contribution in [0.15, 0.2) is 20.5 Å². The fourth-order valence-electron chi connectivity index (χ4n) is 4.31. The van der Waals surface area contributed by atoms with Gasteiger partial charge in [-0.3, -0.25) is 0 Å². The summed E-state index contributed by atoms with van der Waals surface area (Å²) in [5.74, 6) is -0.899. The monoisotopic (exact) mass is 452 g/mol. The minimum Gasteiger partial charge on any atom is -0.391 e. The Morgan fingerprint density at radius 1 is 0.906 bits per heavy atom. The second-order valence-electron chi connectivity index (χ2n) is 7.35. The van der Waals surface area contributed by atoms with Crippen LogP contribution in [0, 0.1) is 5.92 Å². The van der Waals surface area contributed by atoms with E-state index in [1.165, 1.54) is 0 Å². The highest BCUT2D eigenvalue weighted by atomic mass is 16.5. The van der Waals surface area contributed by atoms with Crippen LogP contribution in [-0.2, 0) is 4.74 Å². The summed E-state index contributed by atoms with van der Waals surface area (Å²) in [7, 11) is 0. The zero-order chi connectivity index (χ0) is 23.7. The molecule has 0 radical (unpaired) electrons. The molecule has 0 bridgehead atoms. The van der Waals surface area contributed by atoms with Gasteiger partial charge in [0.05, 0.1) is 43.0 Å². The van der Waals surface area contributed by atoms with Gasteiger partial charge < -0.3 is 31.1 Å². The molecule has 1 saturated carbocycles. The van der Waals surface area contributed by atoms with Crippen molar-refractivity contribution in [2.45, 2.75) is 61.1 Å². The molecule has 0 amide bonds. The molecule has 6 N–H and O–H groups in total. The molecule has 2 aliphatic rings. The van der Waals surface area contributed by atoms with Gasteiger partial charge in [0.25, 0.3) is 0 Å². The lowest BCUT2D eigenvalue weighted by Gasteiger charge is -2.51. The van der Waals surface area contributed by atoms with Gasteiger partial charge in [0.15, 0.2) is 0 Å². The van der Waals surface area contributed by atoms with Crippen molar-refractivity contribution in [3.8, 4) is 0 Å². The summed E-state index contributed by atoms with van der Waals surface area (Å²) in [6.45, 7) is 0.0643. The molecule has 1 aliphatic carbocycles. The molecule has 32 heavy (non-hydrogen) atoms. The van der Waals surface area contributed by atoms with E-state index in [1.54, 1.807) is 0 Å². The van der Waals surface area contributed by atoms with Gasteiger partial charge in [-0.25, -0.2) is 0 Å². The van der Waals surface area contributed by atoms with Crippen molar-refractivity contribution in [3.63, 3.8) is 0 Å². The number of nitrogens with zero attached hydrogens (tertiary/aromatic N) is 12. The van der Waals surface area contributed by atoms with Crippen molar-refractivity contribution in [2.24, 2.45) is 32.1 Å². The number of hydrogen-bond donors (Lipinski definition) is 5. The molecular weight excluding hydrogens is 428 g/mol. The number of ether oxygens (including phenoxy) is 1. The van der Waals surface area contributed by atoms with Crippen LogP contribution in [0.3, 0.4) is 0 Å². The lowest BCUT2D eigenvalue weighted by molar-refractivity contribution is -0.199. The third kappa shape index (κ3) is 5.43. The van der Waals surface area contributed by atoms with Crippen LogP contribution in [0.1, 0.15) is 6.42 Å². The summed E-state index contributed by atoms with van der Waals surface area (Å²) in [5.41, 5.74) is 41.1. The molecule has 0 unspecified atom stereocenters. The number of aliphatic hydroxyl groups excluding tert-OH is 3. The molecule has 1 heterocycles. The van der Waals surface area contributed by atoms with Crippen molar-refractivity contribution < 1.29 is 20.1 Å². The van der Waals surface area contributed by atoms with Crippen molar-refractivity contribution in [2.75, 3.05) is 19.6 Å². The number of hydrogen-bond acceptors (Lipinski definition) is 10. The van der Waals surface area contributed by atoms with Gasteiger partial charge in [0, 0.05) is 50.7 Å². The molecule has 18 nitrogen and oxygen atoms in total. The third-order valence-electron chi connectivity index (χ3n) is 5.67. The maximum absolute atomic E-state index is 10.9. The van der Waals surface area contributed by atoms with E-state index in [-0.39, 0.29) is 26.1 Å². The van der Waals surface area contributed by atoms with Crippen LogP contribution in [0.5, 0.6) is 0 Å². The van der Waals surface area contributed by atoms with Crippen molar-refractivity contribution in [1.29, 1.82) is 0 Å². The summed E-state index contributed by atoms with van der Waals surface area (Å²) in [4.78, 5) is 10.9. The number of nitrogens with two attached hydrogens (primary N) is 1. The fraction of sp³-hybridized carbons (Fsp3) is 1.00. The SMILES string of the molecule is [N-]=[N+]=NC[C@H]1O[C@H]([C@H]2[C@@H](NCCN)[C@@H](O)[C@H](N=[N+]=[N-])C[C@@H]2N=[N+]=[N-])[C@H](N=[N+]=[N-])[C@@H](O)[C@@H]1O. The van der Waals surface area contributed by atoms with Gasteiger partial charge >= 0.3 is 0 Å². The van der Waals surface area contributed by atoms with E-state index in [0.717, 1.165) is 0 Å². The van der Waals surface area contributed by atoms with E-state index < -0.39 is 60.6 Å². The first-order chi connectivity index (χ1) is 15.4. The summed E-state index contributed by atoms with van der Waals surface area (Å²) in [5, 5.41) is 49.1. The largest absolute Gasteiger partial charge is 0.391 e. The average Bonchev–Trinajstić information content (AvgIpc) is 2.78. The highest BCUT2D eigenvalue weighted by Crippen LogP contribution is 2.39. The summed E-state index contributed by atoms with van der Waals surface area (Å²) in [6, 6.07) is -4.11. The zero-order valence-electron chi connectivity index (χ0n) is 16.8. The maximum atomic E-state index is 10.9. The first-order valence-electron chi connectivity index (χ1n) is 9.71. The van der Waals surface area contributed by atoms with Gasteiger partial charge in [-0.2, -0.15) is 0 Å². The van der Waals surface area contributed by atoms with E-state index in [0.29, 0.717) is 0 Å². The molecule has 10 atom stereocenters. The molecule has 1 saturated heterocycles. The van der Waals surface area contributed by atoms with Crippen LogP contribution in [0.4, 0.5) is 0 Å². The van der Waals surface area contributed by atoms with E-state index in [1.807, 2.05) is 0 Å². The average molecular weight is 452 g/mol. The molecule has 0 aromatic heterocycles. The van der Waals surface area contributed by atoms with E-state index >= 15 is 0 Å². The molecule has 0 spiro atoms. The van der Waals surface area contributed by atoms with Crippen molar-refractivity contribution >= 4 is 0 Å². The minimum absolute atomic E-state index is 0.0523. The Balaban J connectivity index is 2.56. The molecule has 174 valence electrons. The van der Waals surface area contributed by atoms with Gasteiger partial charge in [-0.1, -0.05) is 20.5 Å². The summed E-state index contributed by atoms with van der Waals surface area (Å²) >= 11 is 0. The highest BCUT2D eigenvalue weighted by molar-refractivity contribution is 5.10. The summed E-state index contributed by atoms with van der Waals surface area (Å²) in [6.07, 6.45) is -6.78. The highest BCUT2D eigenvalue weighted by Gasteiger charge is 2.54. The molecule has 2 fully saturated rings. The standard InChI is InChI=1S/C14H24N14O4/c15-1-2-20-9-8(5(22-26-17)3-6(11(9)29)23-27-18)14-10(24-28-19)13(31)12(30)7(32-14)4-21-25-16/h5-14,20,29-31H,1-4,15H2/t5-,6+,7+,8+,9+,10+,11-,12+,13+,14+/m0/s1. The zero-order valence-corrected chi connectivity index (χ0v) is 16.8. The quantitative estimate of drug-likeness (QED) is 0.183. The Hall–Kier alpha value is -3.00. The van der Waals surface area contributed by atoms with Crippen LogP contribution >= 0.6 is 0 Å². The van der Waals surface area contributed by atoms with Gasteiger partial charge in [-0.05, 0) is 28.5 Å². The van der Waals surface area contributed by atoms with E-state index in [9.17, 15) is 15.3 Å².